The lowest BCUT2D eigenvalue weighted by Crippen LogP contribution is -2.45. The van der Waals surface area contributed by atoms with Gasteiger partial charge >= 0.3 is 5.97 Å². The van der Waals surface area contributed by atoms with Crippen LogP contribution >= 0.6 is 0 Å². The van der Waals surface area contributed by atoms with Crippen molar-refractivity contribution in [3.05, 3.63) is 24.3 Å². The monoisotopic (exact) mass is 1310 g/mol. The fourth-order valence-corrected chi connectivity index (χ4v) is 13.9. The first kappa shape index (κ1) is 91.3. The van der Waals surface area contributed by atoms with E-state index in [0.29, 0.717) is 19.4 Å². The van der Waals surface area contributed by atoms with Gasteiger partial charge in [0.05, 0.1) is 25.4 Å². The molecular weight excluding hydrogens is 1140 g/mol. The maximum absolute atomic E-state index is 12.6. The number of esters is 1. The summed E-state index contributed by atoms with van der Waals surface area (Å²) in [4.78, 5) is 24.7. The van der Waals surface area contributed by atoms with Gasteiger partial charge in [-0.3, -0.25) is 9.59 Å². The Balaban J connectivity index is 3.33. The van der Waals surface area contributed by atoms with Crippen LogP contribution in [0.4, 0.5) is 0 Å². The van der Waals surface area contributed by atoms with Crippen LogP contribution in [0.15, 0.2) is 24.3 Å². The molecule has 0 saturated carbocycles. The zero-order chi connectivity index (χ0) is 67.0. The van der Waals surface area contributed by atoms with E-state index in [1.54, 1.807) is 6.08 Å². The van der Waals surface area contributed by atoms with Crippen LogP contribution in [0.1, 0.15) is 495 Å². The van der Waals surface area contributed by atoms with Gasteiger partial charge in [0.2, 0.25) is 5.91 Å². The maximum Gasteiger partial charge on any atom is 0.305 e. The Bertz CT molecular complexity index is 1460. The normalized spacial score (nSPS) is 12.5. The van der Waals surface area contributed by atoms with Gasteiger partial charge in [-0.2, -0.15) is 0 Å². The van der Waals surface area contributed by atoms with Gasteiger partial charge in [-0.05, 0) is 57.8 Å². The van der Waals surface area contributed by atoms with E-state index in [0.717, 1.165) is 44.9 Å². The summed E-state index contributed by atoms with van der Waals surface area (Å²) in [5, 5.41) is 23.3. The standard InChI is InChI=1S/C87H169NO5/c1-3-5-7-9-11-13-15-17-19-21-22-23-24-36-39-42-45-48-51-55-59-63-67-71-75-79-85(90)84(83-89)88-86(91)80-76-72-68-64-60-56-52-49-46-43-40-37-34-32-30-28-26-25-27-29-31-33-35-38-41-44-47-50-54-58-62-66-70-74-78-82-93-87(92)81-77-73-69-65-61-57-53-20-18-16-14-12-10-8-6-4-2/h20,53,75,79,84-85,89-90H,3-19,21-52,54-74,76-78,80-83H2,1-2H3,(H,88,91)/b53-20-,79-75+. The molecule has 2 unspecified atom stereocenters. The third-order valence-corrected chi connectivity index (χ3v) is 20.5. The Morgan fingerprint density at radius 3 is 0.763 bits per heavy atom. The molecule has 1 amide bonds. The maximum atomic E-state index is 12.6. The van der Waals surface area contributed by atoms with Gasteiger partial charge in [0.25, 0.3) is 0 Å². The highest BCUT2D eigenvalue weighted by Gasteiger charge is 2.18. The number of ether oxygens (including phenoxy) is 1. The number of hydrogen-bond donors (Lipinski definition) is 3. The second kappa shape index (κ2) is 82.8. The highest BCUT2D eigenvalue weighted by atomic mass is 16.5. The number of aliphatic hydroxyl groups is 2. The van der Waals surface area contributed by atoms with Crippen LogP contribution in [0.5, 0.6) is 0 Å². The first-order valence-corrected chi connectivity index (χ1v) is 43.1. The predicted octanol–water partition coefficient (Wildman–Crippen LogP) is 28.8. The Hall–Kier alpha value is -1.66. The highest BCUT2D eigenvalue weighted by Crippen LogP contribution is 2.21. The second-order valence-corrected chi connectivity index (χ2v) is 29.9. The van der Waals surface area contributed by atoms with Gasteiger partial charge in [-0.25, -0.2) is 0 Å². The zero-order valence-electron chi connectivity index (χ0n) is 63.5. The zero-order valence-corrected chi connectivity index (χ0v) is 63.5. The van der Waals surface area contributed by atoms with Crippen LogP contribution in [-0.4, -0.2) is 47.4 Å². The van der Waals surface area contributed by atoms with Crippen molar-refractivity contribution in [1.29, 1.82) is 0 Å². The SMILES string of the molecule is CCCCCCCCC/C=C\CCCCCCCC(=O)OCCCCCCCCCCCCCCCCCCCCCCCCCCCCCCCCCCCCCC(=O)NC(CO)C(O)/C=C/CCCCCCCCCCCCCCCCCCCCCCCCC. The van der Waals surface area contributed by atoms with Crippen LogP contribution in [0.2, 0.25) is 0 Å². The molecule has 0 aliphatic rings. The summed E-state index contributed by atoms with van der Waals surface area (Å²) < 4.78 is 5.51. The molecule has 0 radical (unpaired) electrons. The van der Waals surface area contributed by atoms with Gasteiger partial charge in [-0.15, -0.1) is 0 Å². The number of nitrogens with one attached hydrogen (secondary N) is 1. The van der Waals surface area contributed by atoms with Gasteiger partial charge in [0.1, 0.15) is 0 Å². The molecule has 0 bridgehead atoms. The van der Waals surface area contributed by atoms with E-state index in [1.165, 1.54) is 424 Å². The molecule has 0 aliphatic heterocycles. The third-order valence-electron chi connectivity index (χ3n) is 20.5. The molecule has 0 saturated heterocycles. The molecule has 93 heavy (non-hydrogen) atoms. The highest BCUT2D eigenvalue weighted by molar-refractivity contribution is 5.76. The van der Waals surface area contributed by atoms with E-state index in [9.17, 15) is 19.8 Å². The quantitative estimate of drug-likeness (QED) is 0.0320. The molecule has 0 rings (SSSR count). The average molecular weight is 1310 g/mol. The number of allylic oxidation sites excluding steroid dienone is 3. The summed E-state index contributed by atoms with van der Waals surface area (Å²) in [5.41, 5.74) is 0. The van der Waals surface area contributed by atoms with Crippen molar-refractivity contribution in [2.75, 3.05) is 13.2 Å². The van der Waals surface area contributed by atoms with Crippen LogP contribution in [0.25, 0.3) is 0 Å². The molecule has 0 heterocycles. The number of unbranched alkanes of at least 4 members (excludes halogenated alkanes) is 69. The minimum absolute atomic E-state index is 0.0162. The van der Waals surface area contributed by atoms with Crippen molar-refractivity contribution in [2.24, 2.45) is 0 Å². The van der Waals surface area contributed by atoms with Crippen molar-refractivity contribution in [1.82, 2.24) is 5.32 Å². The lowest BCUT2D eigenvalue weighted by atomic mass is 10.0. The summed E-state index contributed by atoms with van der Waals surface area (Å²) >= 11 is 0. The van der Waals surface area contributed by atoms with Gasteiger partial charge in [-0.1, -0.05) is 449 Å². The molecule has 0 spiro atoms. The number of aliphatic hydroxyl groups excluding tert-OH is 2. The number of carbonyl (C=O) groups is 2. The first-order valence-electron chi connectivity index (χ1n) is 43.1. The number of rotatable bonds is 82. The Labute approximate surface area is 583 Å². The van der Waals surface area contributed by atoms with Crippen molar-refractivity contribution >= 4 is 11.9 Å². The number of carbonyl (C=O) groups excluding carboxylic acids is 2. The third kappa shape index (κ3) is 79.2. The molecule has 6 nitrogen and oxygen atoms in total. The summed E-state index contributed by atoms with van der Waals surface area (Å²) in [7, 11) is 0. The molecule has 6 heteroatoms. The summed E-state index contributed by atoms with van der Waals surface area (Å²) in [6.07, 6.45) is 108. The van der Waals surface area contributed by atoms with E-state index in [4.69, 9.17) is 4.74 Å². The van der Waals surface area contributed by atoms with Crippen molar-refractivity contribution in [3.8, 4) is 0 Å². The lowest BCUT2D eigenvalue weighted by molar-refractivity contribution is -0.143. The molecule has 0 aromatic rings. The predicted molar refractivity (Wildman–Crippen MR) is 412 cm³/mol. The Morgan fingerprint density at radius 2 is 0.505 bits per heavy atom. The second-order valence-electron chi connectivity index (χ2n) is 29.9. The van der Waals surface area contributed by atoms with Crippen molar-refractivity contribution < 1.29 is 24.5 Å². The van der Waals surface area contributed by atoms with Gasteiger partial charge < -0.3 is 20.3 Å². The molecule has 2 atom stereocenters. The fraction of sp³-hybridized carbons (Fsp3) is 0.931. The van der Waals surface area contributed by atoms with Crippen LogP contribution < -0.4 is 5.32 Å². The van der Waals surface area contributed by atoms with Crippen LogP contribution in [0.3, 0.4) is 0 Å². The smallest absolute Gasteiger partial charge is 0.305 e. The van der Waals surface area contributed by atoms with E-state index >= 15 is 0 Å². The van der Waals surface area contributed by atoms with Gasteiger partial charge in [0.15, 0.2) is 0 Å². The van der Waals surface area contributed by atoms with Crippen LogP contribution in [0, 0.1) is 0 Å². The molecule has 3 N–H and O–H groups in total. The summed E-state index contributed by atoms with van der Waals surface area (Å²) in [5.74, 6) is -0.0406. The summed E-state index contributed by atoms with van der Waals surface area (Å²) in [6, 6.07) is -0.625. The molecule has 552 valence electrons. The topological polar surface area (TPSA) is 95.9 Å². The summed E-state index contributed by atoms with van der Waals surface area (Å²) in [6.45, 7) is 4.96. The number of hydrogen-bond acceptors (Lipinski definition) is 5. The minimum Gasteiger partial charge on any atom is -0.466 e. The Kier molecular flexibility index (Phi) is 81.3. The molecular formula is C87H169NO5. The van der Waals surface area contributed by atoms with Crippen molar-refractivity contribution in [2.45, 2.75) is 508 Å². The molecule has 0 aromatic carbocycles. The molecule has 0 aliphatic carbocycles. The van der Waals surface area contributed by atoms with Gasteiger partial charge in [0, 0.05) is 12.8 Å². The largest absolute Gasteiger partial charge is 0.466 e. The van der Waals surface area contributed by atoms with E-state index < -0.39 is 12.1 Å². The Morgan fingerprint density at radius 1 is 0.290 bits per heavy atom. The van der Waals surface area contributed by atoms with Crippen LogP contribution in [-0.2, 0) is 14.3 Å². The molecule has 0 fully saturated rings. The minimum atomic E-state index is -0.842. The van der Waals surface area contributed by atoms with E-state index in [1.807, 2.05) is 6.08 Å². The van der Waals surface area contributed by atoms with E-state index in [2.05, 4.69) is 31.3 Å². The average Bonchev–Trinajstić information content (AvgIpc) is 3.78. The number of amides is 1. The van der Waals surface area contributed by atoms with E-state index in [-0.39, 0.29) is 18.5 Å². The van der Waals surface area contributed by atoms with Crippen molar-refractivity contribution in [3.63, 3.8) is 0 Å². The molecule has 0 aromatic heterocycles. The lowest BCUT2D eigenvalue weighted by Gasteiger charge is -2.20. The first-order chi connectivity index (χ1) is 46.0. The fourth-order valence-electron chi connectivity index (χ4n) is 13.9.